The molecule has 0 aromatic heterocycles. The van der Waals surface area contributed by atoms with Gasteiger partial charge in [0.2, 0.25) is 0 Å². The van der Waals surface area contributed by atoms with E-state index in [0.717, 1.165) is 0 Å². The summed E-state index contributed by atoms with van der Waals surface area (Å²) in [6.07, 6.45) is -1.69. The van der Waals surface area contributed by atoms with E-state index in [2.05, 4.69) is 0 Å². The van der Waals surface area contributed by atoms with Gasteiger partial charge in [-0.2, -0.15) is 0 Å². The first-order valence-electron chi connectivity index (χ1n) is 4.56. The van der Waals surface area contributed by atoms with Crippen LogP contribution in [0.25, 0.3) is 0 Å². The monoisotopic (exact) mass is 189 g/mol. The van der Waals surface area contributed by atoms with Crippen molar-refractivity contribution in [1.29, 1.82) is 0 Å². The van der Waals surface area contributed by atoms with Gasteiger partial charge >= 0.3 is 0 Å². The molecule has 2 fully saturated rings. The van der Waals surface area contributed by atoms with Crippen LogP contribution in [0.3, 0.4) is 0 Å². The zero-order valence-corrected chi connectivity index (χ0v) is 7.24. The average molecular weight is 189 g/mol. The zero-order chi connectivity index (χ0) is 9.59. The highest BCUT2D eigenvalue weighted by atomic mass is 16.3. The average Bonchev–Trinajstić information content (AvgIpc) is 2.54. The summed E-state index contributed by atoms with van der Waals surface area (Å²) in [4.78, 5) is 1.79. The highest BCUT2D eigenvalue weighted by molar-refractivity contribution is 5.05. The Labute approximate surface area is 76.2 Å². The lowest BCUT2D eigenvalue weighted by Gasteiger charge is -2.22. The minimum absolute atomic E-state index is 0.179. The van der Waals surface area contributed by atoms with Crippen molar-refractivity contribution in [2.75, 3.05) is 13.2 Å². The highest BCUT2D eigenvalue weighted by Crippen LogP contribution is 2.32. The Hall–Kier alpha value is -0.200. The lowest BCUT2D eigenvalue weighted by molar-refractivity contribution is 0.00859. The number of nitrogens with zero attached hydrogens (tertiary/aromatic N) is 1. The fourth-order valence-electron chi connectivity index (χ4n) is 2.45. The molecular weight excluding hydrogens is 174 g/mol. The van der Waals surface area contributed by atoms with E-state index in [9.17, 15) is 15.3 Å². The number of hydrogen-bond acceptors (Lipinski definition) is 5. The van der Waals surface area contributed by atoms with E-state index in [4.69, 9.17) is 5.11 Å². The van der Waals surface area contributed by atoms with Crippen molar-refractivity contribution < 1.29 is 20.4 Å². The number of rotatable bonds is 1. The molecule has 2 saturated heterocycles. The molecule has 0 amide bonds. The van der Waals surface area contributed by atoms with Crippen molar-refractivity contribution in [3.63, 3.8) is 0 Å². The number of aliphatic hydroxyl groups excluding tert-OH is 4. The van der Waals surface area contributed by atoms with Gasteiger partial charge < -0.3 is 20.4 Å². The summed E-state index contributed by atoms with van der Waals surface area (Å²) in [5.41, 5.74) is 0. The van der Waals surface area contributed by atoms with Crippen molar-refractivity contribution in [3.8, 4) is 0 Å². The lowest BCUT2D eigenvalue weighted by Crippen LogP contribution is -2.40. The quantitative estimate of drug-likeness (QED) is 0.367. The first kappa shape index (κ1) is 9.36. The topological polar surface area (TPSA) is 84.2 Å². The second-order valence-corrected chi connectivity index (χ2v) is 3.88. The fraction of sp³-hybridized carbons (Fsp3) is 1.00. The molecule has 5 heteroatoms. The number of fused-ring (bicyclic) bond motifs is 1. The van der Waals surface area contributed by atoms with E-state index in [0.29, 0.717) is 13.0 Å². The Bertz CT molecular complexity index is 199. The molecule has 2 heterocycles. The highest BCUT2D eigenvalue weighted by Gasteiger charge is 2.51. The van der Waals surface area contributed by atoms with Gasteiger partial charge in [0.1, 0.15) is 0 Å². The van der Waals surface area contributed by atoms with Crippen molar-refractivity contribution >= 4 is 0 Å². The molecule has 5 nitrogen and oxygen atoms in total. The van der Waals surface area contributed by atoms with Crippen molar-refractivity contribution in [2.45, 2.75) is 36.8 Å². The molecule has 5 atom stereocenters. The lowest BCUT2D eigenvalue weighted by atomic mass is 10.0. The summed E-state index contributed by atoms with van der Waals surface area (Å²) in [6, 6.07) is -0.612. The number of hydrogen-bond donors (Lipinski definition) is 4. The molecule has 0 unspecified atom stereocenters. The molecule has 0 aromatic carbocycles. The van der Waals surface area contributed by atoms with Crippen molar-refractivity contribution in [1.82, 2.24) is 4.90 Å². The van der Waals surface area contributed by atoms with E-state index in [1.807, 2.05) is 0 Å². The minimum atomic E-state index is -0.887. The molecule has 4 N–H and O–H groups in total. The maximum absolute atomic E-state index is 9.57. The first-order chi connectivity index (χ1) is 6.15. The van der Waals surface area contributed by atoms with Gasteiger partial charge in [0.15, 0.2) is 0 Å². The van der Waals surface area contributed by atoms with E-state index in [-0.39, 0.29) is 12.6 Å². The zero-order valence-electron chi connectivity index (χ0n) is 7.24. The van der Waals surface area contributed by atoms with Gasteiger partial charge in [0.05, 0.1) is 31.0 Å². The largest absolute Gasteiger partial charge is 0.395 e. The van der Waals surface area contributed by atoms with Crippen molar-refractivity contribution in [3.05, 3.63) is 0 Å². The van der Waals surface area contributed by atoms with Crippen LogP contribution >= 0.6 is 0 Å². The van der Waals surface area contributed by atoms with Gasteiger partial charge in [-0.1, -0.05) is 0 Å². The van der Waals surface area contributed by atoms with Crippen LogP contribution in [-0.2, 0) is 0 Å². The molecule has 13 heavy (non-hydrogen) atoms. The van der Waals surface area contributed by atoms with Gasteiger partial charge in [0.25, 0.3) is 0 Å². The molecule has 0 radical (unpaired) electrons. The predicted octanol–water partition coefficient (Wildman–Crippen LogP) is -2.48. The molecule has 2 aliphatic heterocycles. The second-order valence-electron chi connectivity index (χ2n) is 3.88. The summed E-state index contributed by atoms with van der Waals surface area (Å²) in [5.74, 6) is 0. The van der Waals surface area contributed by atoms with Gasteiger partial charge in [-0.25, -0.2) is 0 Å². The van der Waals surface area contributed by atoms with Crippen LogP contribution in [0, 0.1) is 0 Å². The summed E-state index contributed by atoms with van der Waals surface area (Å²) in [7, 11) is 0. The predicted molar refractivity (Wildman–Crippen MR) is 44.0 cm³/mol. The van der Waals surface area contributed by atoms with E-state index >= 15 is 0 Å². The smallest absolute Gasteiger partial charge is 0.0991 e. The SMILES string of the molecule is OC[C@@H]1[C@@H](O)[C@H](O)[C@@H]2C[C@H](O)CN12. The maximum Gasteiger partial charge on any atom is 0.0991 e. The minimum Gasteiger partial charge on any atom is -0.395 e. The van der Waals surface area contributed by atoms with Crippen LogP contribution in [0.2, 0.25) is 0 Å². The maximum atomic E-state index is 9.57. The number of aliphatic hydroxyl groups is 4. The Morgan fingerprint density at radius 2 is 1.85 bits per heavy atom. The Balaban J connectivity index is 2.15. The molecule has 0 spiro atoms. The van der Waals surface area contributed by atoms with Gasteiger partial charge in [-0.15, -0.1) is 0 Å². The normalized spacial score (nSPS) is 51.2. The van der Waals surface area contributed by atoms with Crippen LogP contribution in [0.5, 0.6) is 0 Å². The van der Waals surface area contributed by atoms with Crippen LogP contribution in [0.15, 0.2) is 0 Å². The summed E-state index contributed by atoms with van der Waals surface area (Å²) >= 11 is 0. The van der Waals surface area contributed by atoms with Gasteiger partial charge in [0, 0.05) is 12.6 Å². The Kier molecular flexibility index (Phi) is 2.29. The third kappa shape index (κ3) is 1.28. The van der Waals surface area contributed by atoms with E-state index in [1.54, 1.807) is 4.90 Å². The summed E-state index contributed by atoms with van der Waals surface area (Å²) in [5, 5.41) is 37.4. The van der Waals surface area contributed by atoms with Crippen LogP contribution in [0.1, 0.15) is 6.42 Å². The molecule has 2 rings (SSSR count). The van der Waals surface area contributed by atoms with Gasteiger partial charge in [-0.05, 0) is 6.42 Å². The van der Waals surface area contributed by atoms with Crippen LogP contribution in [0.4, 0.5) is 0 Å². The second kappa shape index (κ2) is 3.18. The summed E-state index contributed by atoms with van der Waals surface area (Å²) < 4.78 is 0. The van der Waals surface area contributed by atoms with Crippen molar-refractivity contribution in [2.24, 2.45) is 0 Å². The molecule has 76 valence electrons. The molecular formula is C8H15NO4. The molecule has 0 saturated carbocycles. The van der Waals surface area contributed by atoms with Crippen LogP contribution in [-0.4, -0.2) is 68.9 Å². The fourth-order valence-corrected chi connectivity index (χ4v) is 2.45. The standard InChI is InChI=1S/C8H15NO4/c10-3-6-8(13)7(12)5-1-4(11)2-9(5)6/h4-8,10-13H,1-3H2/t4-,5-,6+,7+,8+/m0/s1. The summed E-state index contributed by atoms with van der Waals surface area (Å²) in [6.45, 7) is 0.255. The Morgan fingerprint density at radius 3 is 2.46 bits per heavy atom. The van der Waals surface area contributed by atoms with E-state index in [1.165, 1.54) is 0 Å². The third-order valence-corrected chi connectivity index (χ3v) is 3.11. The van der Waals surface area contributed by atoms with E-state index < -0.39 is 24.4 Å². The third-order valence-electron chi connectivity index (χ3n) is 3.11. The first-order valence-corrected chi connectivity index (χ1v) is 4.56. The van der Waals surface area contributed by atoms with Gasteiger partial charge in [-0.3, -0.25) is 4.90 Å². The molecule has 0 bridgehead atoms. The molecule has 0 aromatic rings. The molecule has 2 aliphatic rings. The molecule has 0 aliphatic carbocycles. The Morgan fingerprint density at radius 1 is 1.15 bits per heavy atom. The van der Waals surface area contributed by atoms with Crippen LogP contribution < -0.4 is 0 Å².